The first-order valence-electron chi connectivity index (χ1n) is 6.87. The van der Waals surface area contributed by atoms with Crippen LogP contribution in [0.4, 0.5) is 0 Å². The molecule has 19 heavy (non-hydrogen) atoms. The van der Waals surface area contributed by atoms with Gasteiger partial charge in [-0.25, -0.2) is 0 Å². The summed E-state index contributed by atoms with van der Waals surface area (Å²) in [5.41, 5.74) is 7.22. The van der Waals surface area contributed by atoms with Crippen LogP contribution in [-0.4, -0.2) is 31.1 Å². The van der Waals surface area contributed by atoms with Crippen LogP contribution < -0.4 is 10.5 Å². The Bertz CT molecular complexity index is 436. The molecule has 0 aromatic heterocycles. The quantitative estimate of drug-likeness (QED) is 0.923. The number of hydrogen-bond donors (Lipinski definition) is 1. The second-order valence-electron chi connectivity index (χ2n) is 5.45. The molecule has 1 heterocycles. The van der Waals surface area contributed by atoms with Crippen LogP contribution in [0.15, 0.2) is 22.7 Å². The van der Waals surface area contributed by atoms with E-state index in [9.17, 15) is 0 Å². The highest BCUT2D eigenvalue weighted by Crippen LogP contribution is 2.42. The minimum absolute atomic E-state index is 0.359. The van der Waals surface area contributed by atoms with Crippen molar-refractivity contribution in [1.82, 2.24) is 4.90 Å². The van der Waals surface area contributed by atoms with E-state index < -0.39 is 0 Å². The van der Waals surface area contributed by atoms with Crippen LogP contribution in [0.3, 0.4) is 0 Å². The van der Waals surface area contributed by atoms with Crippen molar-refractivity contribution in [2.75, 3.05) is 20.2 Å². The van der Waals surface area contributed by atoms with Crippen LogP contribution in [-0.2, 0) is 0 Å². The minimum atomic E-state index is 0.359. The molecule has 1 aliphatic heterocycles. The van der Waals surface area contributed by atoms with Gasteiger partial charge >= 0.3 is 0 Å². The van der Waals surface area contributed by atoms with Crippen molar-refractivity contribution in [1.29, 1.82) is 0 Å². The average molecular weight is 327 g/mol. The summed E-state index contributed by atoms with van der Waals surface area (Å²) < 4.78 is 6.64. The van der Waals surface area contributed by atoms with E-state index in [0.29, 0.717) is 18.0 Å². The van der Waals surface area contributed by atoms with Crippen molar-refractivity contribution in [3.8, 4) is 5.75 Å². The van der Waals surface area contributed by atoms with Gasteiger partial charge in [0.1, 0.15) is 5.75 Å². The van der Waals surface area contributed by atoms with E-state index in [2.05, 4.69) is 40.7 Å². The number of rotatable bonds is 4. The van der Waals surface area contributed by atoms with Gasteiger partial charge in [0.15, 0.2) is 0 Å². The third-order valence-electron chi connectivity index (χ3n) is 4.04. The summed E-state index contributed by atoms with van der Waals surface area (Å²) in [6.07, 6.45) is 1.16. The molecule has 3 nitrogen and oxygen atoms in total. The number of hydrogen-bond acceptors (Lipinski definition) is 3. The molecule has 2 atom stereocenters. The van der Waals surface area contributed by atoms with E-state index in [4.69, 9.17) is 10.5 Å². The molecule has 0 aliphatic carbocycles. The molecule has 2 unspecified atom stereocenters. The van der Waals surface area contributed by atoms with Gasteiger partial charge in [0.2, 0.25) is 0 Å². The lowest BCUT2D eigenvalue weighted by Crippen LogP contribution is -2.33. The van der Waals surface area contributed by atoms with Crippen molar-refractivity contribution >= 4 is 15.9 Å². The molecule has 0 amide bonds. The fraction of sp³-hybridized carbons (Fsp3) is 0.600. The van der Waals surface area contributed by atoms with Crippen molar-refractivity contribution in [2.24, 2.45) is 11.7 Å². The zero-order chi connectivity index (χ0) is 14.0. The second-order valence-corrected chi connectivity index (χ2v) is 6.36. The predicted octanol–water partition coefficient (Wildman–Crippen LogP) is 3.19. The van der Waals surface area contributed by atoms with E-state index in [1.807, 2.05) is 12.1 Å². The van der Waals surface area contributed by atoms with Gasteiger partial charge in [-0.15, -0.1) is 0 Å². The third-order valence-corrected chi connectivity index (χ3v) is 4.53. The van der Waals surface area contributed by atoms with E-state index in [1.54, 1.807) is 7.11 Å². The van der Waals surface area contributed by atoms with Crippen molar-refractivity contribution in [3.63, 3.8) is 0 Å². The zero-order valence-electron chi connectivity index (χ0n) is 11.9. The fourth-order valence-corrected chi connectivity index (χ4v) is 3.46. The van der Waals surface area contributed by atoms with Gasteiger partial charge in [-0.3, -0.25) is 4.90 Å². The zero-order valence-corrected chi connectivity index (χ0v) is 13.5. The molecule has 1 fully saturated rings. The SMILES string of the molecule is COc1ccc(Br)cc1C1C(CN)CCN1C(C)C. The molecule has 2 N–H and O–H groups in total. The Hall–Kier alpha value is -0.580. The molecule has 1 aliphatic rings. The Kier molecular flexibility index (Phi) is 4.87. The maximum atomic E-state index is 5.97. The Balaban J connectivity index is 2.43. The molecule has 0 radical (unpaired) electrons. The number of methoxy groups -OCH3 is 1. The summed E-state index contributed by atoms with van der Waals surface area (Å²) in [6, 6.07) is 7.10. The Morgan fingerprint density at radius 1 is 1.47 bits per heavy atom. The smallest absolute Gasteiger partial charge is 0.123 e. The molecule has 4 heteroatoms. The molecule has 1 aromatic carbocycles. The minimum Gasteiger partial charge on any atom is -0.496 e. The van der Waals surface area contributed by atoms with Crippen molar-refractivity contribution < 1.29 is 4.74 Å². The monoisotopic (exact) mass is 326 g/mol. The van der Waals surface area contributed by atoms with Gasteiger partial charge < -0.3 is 10.5 Å². The summed E-state index contributed by atoms with van der Waals surface area (Å²) in [5.74, 6) is 1.46. The van der Waals surface area contributed by atoms with E-state index in [0.717, 1.165) is 29.7 Å². The maximum absolute atomic E-state index is 5.97. The molecular weight excluding hydrogens is 304 g/mol. The van der Waals surface area contributed by atoms with Gasteiger partial charge in [-0.1, -0.05) is 15.9 Å². The van der Waals surface area contributed by atoms with Gasteiger partial charge in [0.05, 0.1) is 7.11 Å². The van der Waals surface area contributed by atoms with Gasteiger partial charge in [0.25, 0.3) is 0 Å². The lowest BCUT2D eigenvalue weighted by Gasteiger charge is -2.32. The van der Waals surface area contributed by atoms with Crippen LogP contribution in [0.2, 0.25) is 0 Å². The number of nitrogens with zero attached hydrogens (tertiary/aromatic N) is 1. The largest absolute Gasteiger partial charge is 0.496 e. The van der Waals surface area contributed by atoms with Crippen molar-refractivity contribution in [2.45, 2.75) is 32.4 Å². The van der Waals surface area contributed by atoms with Crippen LogP contribution in [0.5, 0.6) is 5.75 Å². The summed E-state index contributed by atoms with van der Waals surface area (Å²) in [5, 5.41) is 0. The van der Waals surface area contributed by atoms with E-state index in [1.165, 1.54) is 5.56 Å². The van der Waals surface area contributed by atoms with Gasteiger partial charge in [0, 0.05) is 22.1 Å². The maximum Gasteiger partial charge on any atom is 0.123 e. The topological polar surface area (TPSA) is 38.5 Å². The highest BCUT2D eigenvalue weighted by Gasteiger charge is 2.37. The standard InChI is InChI=1S/C15H23BrN2O/c1-10(2)18-7-6-11(9-17)15(18)13-8-12(16)4-5-14(13)19-3/h4-5,8,10-11,15H,6-7,9,17H2,1-3H3. The molecule has 2 rings (SSSR count). The number of halogens is 1. The summed E-state index contributed by atoms with van der Waals surface area (Å²) in [6.45, 7) is 6.33. The highest BCUT2D eigenvalue weighted by molar-refractivity contribution is 9.10. The number of likely N-dealkylation sites (tertiary alicyclic amines) is 1. The van der Waals surface area contributed by atoms with Crippen LogP contribution in [0, 0.1) is 5.92 Å². The predicted molar refractivity (Wildman–Crippen MR) is 82.4 cm³/mol. The van der Waals surface area contributed by atoms with Gasteiger partial charge in [-0.05, 0) is 57.5 Å². The van der Waals surface area contributed by atoms with E-state index >= 15 is 0 Å². The molecule has 0 bridgehead atoms. The molecule has 106 valence electrons. The molecule has 1 saturated heterocycles. The first kappa shape index (κ1) is 14.8. The van der Waals surface area contributed by atoms with Crippen LogP contribution >= 0.6 is 15.9 Å². The second kappa shape index (κ2) is 6.25. The average Bonchev–Trinajstić information content (AvgIpc) is 2.82. The molecule has 1 aromatic rings. The highest BCUT2D eigenvalue weighted by atomic mass is 79.9. The lowest BCUT2D eigenvalue weighted by molar-refractivity contribution is 0.181. The number of ether oxygens (including phenoxy) is 1. The van der Waals surface area contributed by atoms with Crippen molar-refractivity contribution in [3.05, 3.63) is 28.2 Å². The third kappa shape index (κ3) is 2.96. The first-order valence-corrected chi connectivity index (χ1v) is 7.67. The normalized spacial score (nSPS) is 24.1. The number of nitrogens with two attached hydrogens (primary N) is 1. The molecule has 0 saturated carbocycles. The Labute approximate surface area is 124 Å². The summed E-state index contributed by atoms with van der Waals surface area (Å²) in [7, 11) is 1.73. The Morgan fingerprint density at radius 3 is 2.79 bits per heavy atom. The Morgan fingerprint density at radius 2 is 2.21 bits per heavy atom. The first-order chi connectivity index (χ1) is 9.08. The van der Waals surface area contributed by atoms with Crippen LogP contribution in [0.25, 0.3) is 0 Å². The van der Waals surface area contributed by atoms with Crippen LogP contribution in [0.1, 0.15) is 31.9 Å². The number of benzene rings is 1. The van der Waals surface area contributed by atoms with E-state index in [-0.39, 0.29) is 0 Å². The summed E-state index contributed by atoms with van der Waals surface area (Å²) in [4.78, 5) is 2.53. The van der Waals surface area contributed by atoms with Gasteiger partial charge in [-0.2, -0.15) is 0 Å². The molecular formula is C15H23BrN2O. The lowest BCUT2D eigenvalue weighted by atomic mass is 9.92. The fourth-order valence-electron chi connectivity index (χ4n) is 3.08. The molecule has 0 spiro atoms. The summed E-state index contributed by atoms with van der Waals surface area (Å²) >= 11 is 3.57.